The predicted molar refractivity (Wildman–Crippen MR) is 66.4 cm³/mol. The summed E-state index contributed by atoms with van der Waals surface area (Å²) in [6, 6.07) is 5.11. The van der Waals surface area contributed by atoms with Crippen LogP contribution < -0.4 is 5.32 Å². The van der Waals surface area contributed by atoms with Crippen LogP contribution in [0.1, 0.15) is 11.4 Å². The van der Waals surface area contributed by atoms with Crippen molar-refractivity contribution < 1.29 is 4.92 Å². The second kappa shape index (κ2) is 5.26. The van der Waals surface area contributed by atoms with Gasteiger partial charge in [-0.25, -0.2) is 4.98 Å². The first kappa shape index (κ1) is 12.0. The van der Waals surface area contributed by atoms with E-state index >= 15 is 0 Å². The number of hydrogen-bond donors (Lipinski definition) is 2. The molecule has 2 N–H and O–H groups in total. The van der Waals surface area contributed by atoms with Gasteiger partial charge in [0.05, 0.1) is 4.92 Å². The Morgan fingerprint density at radius 1 is 1.50 bits per heavy atom. The van der Waals surface area contributed by atoms with Crippen molar-refractivity contribution in [3.63, 3.8) is 0 Å². The van der Waals surface area contributed by atoms with Crippen molar-refractivity contribution in [2.45, 2.75) is 13.3 Å². The van der Waals surface area contributed by atoms with E-state index in [2.05, 4.69) is 20.5 Å². The van der Waals surface area contributed by atoms with Crippen LogP contribution in [-0.2, 0) is 6.42 Å². The lowest BCUT2D eigenvalue weighted by Crippen LogP contribution is -2.08. The highest BCUT2D eigenvalue weighted by Crippen LogP contribution is 2.24. The van der Waals surface area contributed by atoms with Gasteiger partial charge in [0.15, 0.2) is 0 Å². The van der Waals surface area contributed by atoms with Crippen molar-refractivity contribution in [2.75, 3.05) is 11.9 Å². The zero-order chi connectivity index (χ0) is 13.0. The predicted octanol–water partition coefficient (Wildman–Crippen LogP) is 1.68. The molecular weight excluding hydrogens is 234 g/mol. The molecule has 0 radical (unpaired) electrons. The number of benzene rings is 1. The van der Waals surface area contributed by atoms with E-state index < -0.39 is 0 Å². The first-order valence-corrected chi connectivity index (χ1v) is 5.50. The molecule has 18 heavy (non-hydrogen) atoms. The molecule has 94 valence electrons. The van der Waals surface area contributed by atoms with Crippen LogP contribution in [0, 0.1) is 17.0 Å². The summed E-state index contributed by atoms with van der Waals surface area (Å²) in [6.45, 7) is 2.38. The fourth-order valence-electron chi connectivity index (χ4n) is 1.61. The molecule has 7 heteroatoms. The summed E-state index contributed by atoms with van der Waals surface area (Å²) in [7, 11) is 0. The van der Waals surface area contributed by atoms with Gasteiger partial charge >= 0.3 is 0 Å². The molecule has 0 amide bonds. The maximum atomic E-state index is 10.9. The summed E-state index contributed by atoms with van der Waals surface area (Å²) >= 11 is 0. The first-order valence-electron chi connectivity index (χ1n) is 5.50. The number of nitrogens with one attached hydrogen (secondary N) is 2. The van der Waals surface area contributed by atoms with Gasteiger partial charge in [0, 0.05) is 19.0 Å². The Kier molecular flexibility index (Phi) is 3.52. The number of rotatable bonds is 5. The lowest BCUT2D eigenvalue weighted by Gasteiger charge is -2.06. The monoisotopic (exact) mass is 247 g/mol. The van der Waals surface area contributed by atoms with Crippen LogP contribution in [0.5, 0.6) is 0 Å². The molecule has 0 spiro atoms. The van der Waals surface area contributed by atoms with E-state index in [0.717, 1.165) is 11.4 Å². The summed E-state index contributed by atoms with van der Waals surface area (Å²) in [5, 5.41) is 20.4. The summed E-state index contributed by atoms with van der Waals surface area (Å²) in [6.07, 6.45) is 2.06. The van der Waals surface area contributed by atoms with E-state index in [0.29, 0.717) is 18.7 Å². The molecule has 0 aliphatic rings. The molecular formula is C11H13N5O2. The van der Waals surface area contributed by atoms with Gasteiger partial charge in [-0.05, 0) is 18.6 Å². The number of aryl methyl sites for hydroxylation is 1. The number of nitro benzene ring substituents is 1. The Labute approximate surface area is 103 Å². The van der Waals surface area contributed by atoms with Crippen LogP contribution >= 0.6 is 0 Å². The number of aromatic amines is 1. The molecule has 0 unspecified atom stereocenters. The van der Waals surface area contributed by atoms with Gasteiger partial charge in [-0.3, -0.25) is 15.2 Å². The molecule has 0 atom stereocenters. The van der Waals surface area contributed by atoms with Crippen molar-refractivity contribution in [1.82, 2.24) is 15.2 Å². The summed E-state index contributed by atoms with van der Waals surface area (Å²) in [4.78, 5) is 14.5. The van der Waals surface area contributed by atoms with Gasteiger partial charge < -0.3 is 5.32 Å². The largest absolute Gasteiger partial charge is 0.379 e. The maximum absolute atomic E-state index is 10.9. The van der Waals surface area contributed by atoms with E-state index in [4.69, 9.17) is 0 Å². The molecule has 1 heterocycles. The Morgan fingerprint density at radius 3 is 3.00 bits per heavy atom. The van der Waals surface area contributed by atoms with E-state index in [-0.39, 0.29) is 10.6 Å². The standard InChI is InChI=1S/C11H13N5O2/c1-8-2-3-9(10(6-8)16(17)18)12-5-4-11-13-7-14-15-11/h2-3,6-7,12H,4-5H2,1H3,(H,13,14,15). The van der Waals surface area contributed by atoms with Gasteiger partial charge in [0.1, 0.15) is 17.8 Å². The fourth-order valence-corrected chi connectivity index (χ4v) is 1.61. The summed E-state index contributed by atoms with van der Waals surface area (Å²) in [5.74, 6) is 0.747. The van der Waals surface area contributed by atoms with Crippen molar-refractivity contribution in [2.24, 2.45) is 0 Å². The minimum Gasteiger partial charge on any atom is -0.379 e. The molecule has 0 bridgehead atoms. The number of nitrogens with zero attached hydrogens (tertiary/aromatic N) is 3. The van der Waals surface area contributed by atoms with Crippen LogP contribution in [0.15, 0.2) is 24.5 Å². The van der Waals surface area contributed by atoms with Crippen LogP contribution in [0.3, 0.4) is 0 Å². The van der Waals surface area contributed by atoms with E-state index in [1.165, 1.54) is 6.33 Å². The lowest BCUT2D eigenvalue weighted by atomic mass is 10.2. The average molecular weight is 247 g/mol. The third kappa shape index (κ3) is 2.82. The maximum Gasteiger partial charge on any atom is 0.292 e. The molecule has 1 aromatic carbocycles. The highest BCUT2D eigenvalue weighted by atomic mass is 16.6. The molecule has 0 fully saturated rings. The minimum atomic E-state index is -0.385. The number of anilines is 1. The number of aromatic nitrogens is 3. The second-order valence-corrected chi connectivity index (χ2v) is 3.89. The van der Waals surface area contributed by atoms with Gasteiger partial charge in [-0.1, -0.05) is 6.07 Å². The second-order valence-electron chi connectivity index (χ2n) is 3.89. The molecule has 7 nitrogen and oxygen atoms in total. The lowest BCUT2D eigenvalue weighted by molar-refractivity contribution is -0.384. The topological polar surface area (TPSA) is 96.7 Å². The van der Waals surface area contributed by atoms with Gasteiger partial charge in [-0.15, -0.1) is 0 Å². The molecule has 0 aliphatic carbocycles. The highest BCUT2D eigenvalue weighted by Gasteiger charge is 2.13. The normalized spacial score (nSPS) is 10.3. The first-order chi connectivity index (χ1) is 8.66. The average Bonchev–Trinajstić information content (AvgIpc) is 2.84. The zero-order valence-electron chi connectivity index (χ0n) is 9.88. The van der Waals surface area contributed by atoms with Crippen molar-refractivity contribution in [3.8, 4) is 0 Å². The smallest absolute Gasteiger partial charge is 0.292 e. The molecule has 0 saturated heterocycles. The Bertz CT molecular complexity index is 538. The van der Waals surface area contributed by atoms with Crippen molar-refractivity contribution in [3.05, 3.63) is 46.0 Å². The number of hydrogen-bond acceptors (Lipinski definition) is 5. The molecule has 0 saturated carbocycles. The SMILES string of the molecule is Cc1ccc(NCCc2ncn[nH]2)c([N+](=O)[O-])c1. The Hall–Kier alpha value is -2.44. The molecule has 0 aliphatic heterocycles. The van der Waals surface area contributed by atoms with E-state index in [1.54, 1.807) is 12.1 Å². The summed E-state index contributed by atoms with van der Waals surface area (Å²) in [5.41, 5.74) is 1.47. The quantitative estimate of drug-likeness (QED) is 0.618. The van der Waals surface area contributed by atoms with Crippen molar-refractivity contribution >= 4 is 11.4 Å². The van der Waals surface area contributed by atoms with Crippen LogP contribution in [-0.4, -0.2) is 26.6 Å². The third-order valence-corrected chi connectivity index (χ3v) is 2.49. The van der Waals surface area contributed by atoms with Crippen LogP contribution in [0.4, 0.5) is 11.4 Å². The zero-order valence-corrected chi connectivity index (χ0v) is 9.88. The Morgan fingerprint density at radius 2 is 2.33 bits per heavy atom. The van der Waals surface area contributed by atoms with Gasteiger partial charge in [0.25, 0.3) is 5.69 Å². The van der Waals surface area contributed by atoms with Gasteiger partial charge in [0.2, 0.25) is 0 Å². The van der Waals surface area contributed by atoms with Crippen LogP contribution in [0.25, 0.3) is 0 Å². The number of H-pyrrole nitrogens is 1. The highest BCUT2D eigenvalue weighted by molar-refractivity contribution is 5.62. The molecule has 2 aromatic rings. The molecule has 1 aromatic heterocycles. The Balaban J connectivity index is 2.02. The van der Waals surface area contributed by atoms with Crippen molar-refractivity contribution in [1.29, 1.82) is 0 Å². The summed E-state index contributed by atoms with van der Waals surface area (Å²) < 4.78 is 0. The van der Waals surface area contributed by atoms with Gasteiger partial charge in [-0.2, -0.15) is 5.10 Å². The van der Waals surface area contributed by atoms with E-state index in [1.807, 2.05) is 13.0 Å². The minimum absolute atomic E-state index is 0.0903. The fraction of sp³-hybridized carbons (Fsp3) is 0.273. The third-order valence-electron chi connectivity index (χ3n) is 2.49. The molecule has 2 rings (SSSR count). The number of nitro groups is 1. The van der Waals surface area contributed by atoms with Crippen LogP contribution in [0.2, 0.25) is 0 Å². The van der Waals surface area contributed by atoms with E-state index in [9.17, 15) is 10.1 Å².